The molecule has 0 aromatic heterocycles. The molecule has 0 fully saturated rings. The van der Waals surface area contributed by atoms with Gasteiger partial charge in [-0.15, -0.1) is 0 Å². The molecular weight excluding hydrogens is 168 g/mol. The highest BCUT2D eigenvalue weighted by Crippen LogP contribution is 1.89. The molecule has 3 N–H and O–H groups in total. The largest absolute Gasteiger partial charge is 0.377 e. The minimum absolute atomic E-state index is 0.112. The molecule has 0 aromatic carbocycles. The second-order valence-corrected chi connectivity index (χ2v) is 3.43. The van der Waals surface area contributed by atoms with Crippen molar-refractivity contribution in [2.24, 2.45) is 11.7 Å². The van der Waals surface area contributed by atoms with Crippen LogP contribution >= 0.6 is 0 Å². The van der Waals surface area contributed by atoms with Crippen molar-refractivity contribution in [3.05, 3.63) is 0 Å². The predicted octanol–water partition coefficient (Wildman–Crippen LogP) is 0.122. The van der Waals surface area contributed by atoms with E-state index < -0.39 is 0 Å². The maximum Gasteiger partial charge on any atom is 0.221 e. The van der Waals surface area contributed by atoms with Crippen molar-refractivity contribution in [3.8, 4) is 0 Å². The van der Waals surface area contributed by atoms with E-state index in [2.05, 4.69) is 5.32 Å². The van der Waals surface area contributed by atoms with Gasteiger partial charge in [0.25, 0.3) is 0 Å². The smallest absolute Gasteiger partial charge is 0.221 e. The summed E-state index contributed by atoms with van der Waals surface area (Å²) in [6.07, 6.45) is 0.260. The van der Waals surface area contributed by atoms with Crippen LogP contribution in [0.4, 0.5) is 0 Å². The molecule has 0 saturated heterocycles. The van der Waals surface area contributed by atoms with Gasteiger partial charge in [-0.3, -0.25) is 4.79 Å². The van der Waals surface area contributed by atoms with Crippen LogP contribution in [0.25, 0.3) is 0 Å². The van der Waals surface area contributed by atoms with Crippen molar-refractivity contribution in [2.75, 3.05) is 19.7 Å². The van der Waals surface area contributed by atoms with E-state index in [4.69, 9.17) is 10.5 Å². The summed E-state index contributed by atoms with van der Waals surface area (Å²) in [6.45, 7) is 7.84. The maximum absolute atomic E-state index is 10.6. The van der Waals surface area contributed by atoms with Gasteiger partial charge in [0.05, 0.1) is 12.7 Å². The molecule has 78 valence electrons. The van der Waals surface area contributed by atoms with Gasteiger partial charge in [0.15, 0.2) is 0 Å². The Morgan fingerprint density at radius 1 is 1.46 bits per heavy atom. The van der Waals surface area contributed by atoms with Crippen LogP contribution in [0.1, 0.15) is 20.8 Å². The Morgan fingerprint density at radius 3 is 2.54 bits per heavy atom. The summed E-state index contributed by atoms with van der Waals surface area (Å²) < 4.78 is 5.31. The van der Waals surface area contributed by atoms with Gasteiger partial charge in [0.2, 0.25) is 5.91 Å². The molecule has 0 heterocycles. The second kappa shape index (κ2) is 6.86. The maximum atomic E-state index is 10.6. The molecule has 0 bridgehead atoms. The first-order valence-electron chi connectivity index (χ1n) is 4.65. The molecule has 0 saturated carbocycles. The fraction of sp³-hybridized carbons (Fsp3) is 0.889. The van der Waals surface area contributed by atoms with Crippen LogP contribution in [0.5, 0.6) is 0 Å². The highest BCUT2D eigenvalue weighted by atomic mass is 16.5. The monoisotopic (exact) mass is 188 g/mol. The third kappa shape index (κ3) is 7.74. The van der Waals surface area contributed by atoms with E-state index in [1.54, 1.807) is 6.92 Å². The lowest BCUT2D eigenvalue weighted by atomic mass is 10.2. The Bertz CT molecular complexity index is 149. The van der Waals surface area contributed by atoms with Crippen LogP contribution in [0.15, 0.2) is 0 Å². The SMILES string of the molecule is CC(C)OCCNCC(C)C(N)=O. The molecule has 0 spiro atoms. The number of nitrogens with two attached hydrogens (primary N) is 1. The van der Waals surface area contributed by atoms with Crippen LogP contribution in [-0.4, -0.2) is 31.7 Å². The molecule has 0 aliphatic heterocycles. The van der Waals surface area contributed by atoms with E-state index in [9.17, 15) is 4.79 Å². The van der Waals surface area contributed by atoms with Crippen LogP contribution in [0.3, 0.4) is 0 Å². The van der Waals surface area contributed by atoms with Gasteiger partial charge in [0, 0.05) is 19.0 Å². The molecule has 1 unspecified atom stereocenters. The zero-order chi connectivity index (χ0) is 10.3. The Balaban J connectivity index is 3.21. The minimum atomic E-state index is -0.266. The zero-order valence-electron chi connectivity index (χ0n) is 8.67. The van der Waals surface area contributed by atoms with Crippen LogP contribution in [0.2, 0.25) is 0 Å². The number of ether oxygens (including phenoxy) is 1. The minimum Gasteiger partial charge on any atom is -0.377 e. The number of hydrogen-bond donors (Lipinski definition) is 2. The molecule has 0 rings (SSSR count). The number of primary amides is 1. The predicted molar refractivity (Wildman–Crippen MR) is 52.3 cm³/mol. The van der Waals surface area contributed by atoms with Gasteiger partial charge in [0.1, 0.15) is 0 Å². The lowest BCUT2D eigenvalue weighted by Gasteiger charge is -2.10. The topological polar surface area (TPSA) is 64.3 Å². The van der Waals surface area contributed by atoms with E-state index >= 15 is 0 Å². The lowest BCUT2D eigenvalue weighted by molar-refractivity contribution is -0.121. The van der Waals surface area contributed by atoms with E-state index in [1.807, 2.05) is 13.8 Å². The Labute approximate surface area is 79.8 Å². The van der Waals surface area contributed by atoms with E-state index in [0.717, 1.165) is 6.54 Å². The lowest BCUT2D eigenvalue weighted by Crippen LogP contribution is -2.32. The van der Waals surface area contributed by atoms with E-state index in [0.29, 0.717) is 13.2 Å². The van der Waals surface area contributed by atoms with Gasteiger partial charge in [-0.2, -0.15) is 0 Å². The van der Waals surface area contributed by atoms with Gasteiger partial charge in [-0.05, 0) is 13.8 Å². The normalized spacial score (nSPS) is 13.2. The zero-order valence-corrected chi connectivity index (χ0v) is 8.67. The first-order valence-corrected chi connectivity index (χ1v) is 4.65. The Kier molecular flexibility index (Phi) is 6.54. The van der Waals surface area contributed by atoms with Crippen molar-refractivity contribution < 1.29 is 9.53 Å². The molecular formula is C9H20N2O2. The quantitative estimate of drug-likeness (QED) is 0.558. The molecule has 0 aromatic rings. The van der Waals surface area contributed by atoms with Crippen molar-refractivity contribution in [2.45, 2.75) is 26.9 Å². The number of carbonyl (C=O) groups excluding carboxylic acids is 1. The molecule has 0 aliphatic rings. The van der Waals surface area contributed by atoms with Crippen molar-refractivity contribution in [3.63, 3.8) is 0 Å². The molecule has 4 heteroatoms. The fourth-order valence-corrected chi connectivity index (χ4v) is 0.786. The Hall–Kier alpha value is -0.610. The fourth-order valence-electron chi connectivity index (χ4n) is 0.786. The third-order valence-electron chi connectivity index (χ3n) is 1.67. The summed E-state index contributed by atoms with van der Waals surface area (Å²) in [4.78, 5) is 10.6. The first-order chi connectivity index (χ1) is 6.04. The number of carbonyl (C=O) groups is 1. The highest BCUT2D eigenvalue weighted by Gasteiger charge is 2.06. The van der Waals surface area contributed by atoms with Gasteiger partial charge in [-0.25, -0.2) is 0 Å². The second-order valence-electron chi connectivity index (χ2n) is 3.43. The summed E-state index contributed by atoms with van der Waals surface area (Å²) >= 11 is 0. The van der Waals surface area contributed by atoms with Gasteiger partial charge < -0.3 is 15.8 Å². The van der Waals surface area contributed by atoms with Crippen LogP contribution in [0, 0.1) is 5.92 Å². The summed E-state index contributed by atoms with van der Waals surface area (Å²) in [7, 11) is 0. The summed E-state index contributed by atoms with van der Waals surface area (Å²) in [5, 5.41) is 3.10. The third-order valence-corrected chi connectivity index (χ3v) is 1.67. The molecule has 1 atom stereocenters. The summed E-state index contributed by atoms with van der Waals surface area (Å²) in [5.41, 5.74) is 5.09. The molecule has 4 nitrogen and oxygen atoms in total. The number of amides is 1. The van der Waals surface area contributed by atoms with Gasteiger partial charge >= 0.3 is 0 Å². The number of hydrogen-bond acceptors (Lipinski definition) is 3. The van der Waals surface area contributed by atoms with Crippen LogP contribution in [-0.2, 0) is 9.53 Å². The van der Waals surface area contributed by atoms with Gasteiger partial charge in [-0.1, -0.05) is 6.92 Å². The average molecular weight is 188 g/mol. The first kappa shape index (κ1) is 12.4. The van der Waals surface area contributed by atoms with Crippen LogP contribution < -0.4 is 11.1 Å². The van der Waals surface area contributed by atoms with E-state index in [-0.39, 0.29) is 17.9 Å². The van der Waals surface area contributed by atoms with E-state index in [1.165, 1.54) is 0 Å². The number of nitrogens with one attached hydrogen (secondary N) is 1. The highest BCUT2D eigenvalue weighted by molar-refractivity contribution is 5.76. The van der Waals surface area contributed by atoms with Crippen molar-refractivity contribution >= 4 is 5.91 Å². The summed E-state index contributed by atoms with van der Waals surface area (Å²) in [6, 6.07) is 0. The standard InChI is InChI=1S/C9H20N2O2/c1-7(2)13-5-4-11-6-8(3)9(10)12/h7-8,11H,4-6H2,1-3H3,(H2,10,12). The molecule has 0 radical (unpaired) electrons. The number of rotatable bonds is 7. The summed E-state index contributed by atoms with van der Waals surface area (Å²) in [5.74, 6) is -0.378. The molecule has 1 amide bonds. The van der Waals surface area contributed by atoms with Crippen molar-refractivity contribution in [1.29, 1.82) is 0 Å². The van der Waals surface area contributed by atoms with Crippen molar-refractivity contribution in [1.82, 2.24) is 5.32 Å². The molecule has 0 aliphatic carbocycles. The Morgan fingerprint density at radius 2 is 2.08 bits per heavy atom. The molecule has 13 heavy (non-hydrogen) atoms. The average Bonchev–Trinajstić information content (AvgIpc) is 2.02.